The number of allylic oxidation sites excluding steroid dienone is 6. The number of hydrogen-bond acceptors (Lipinski definition) is 0. The Bertz CT molecular complexity index is 324. The lowest BCUT2D eigenvalue weighted by Gasteiger charge is -2.10. The van der Waals surface area contributed by atoms with Gasteiger partial charge in [-0.25, -0.2) is 0 Å². The molecule has 1 rings (SSSR count). The van der Waals surface area contributed by atoms with Crippen LogP contribution in [0.2, 0.25) is 0 Å². The Morgan fingerprint density at radius 1 is 1.11 bits per heavy atom. The van der Waals surface area contributed by atoms with Crippen molar-refractivity contribution in [1.82, 2.24) is 0 Å². The Hall–Kier alpha value is -0.780. The van der Waals surface area contributed by atoms with Gasteiger partial charge in [0, 0.05) is 0 Å². The van der Waals surface area contributed by atoms with Crippen LogP contribution in [0, 0.1) is 5.92 Å². The first-order chi connectivity index (χ1) is 8.72. The van der Waals surface area contributed by atoms with E-state index >= 15 is 0 Å². The molecule has 0 aromatic carbocycles. The fraction of sp³-hybridized carbons (Fsp3) is 0.667. The SMILES string of the molecule is CC=C(CC)C(=CC)C(C)=CCCCCC1CC1. The Morgan fingerprint density at radius 2 is 1.83 bits per heavy atom. The van der Waals surface area contributed by atoms with Crippen LogP contribution in [0.1, 0.15) is 72.6 Å². The topological polar surface area (TPSA) is 0 Å². The zero-order valence-corrected chi connectivity index (χ0v) is 12.8. The highest BCUT2D eigenvalue weighted by Gasteiger charge is 2.19. The van der Waals surface area contributed by atoms with Crippen LogP contribution >= 0.6 is 0 Å². The molecule has 0 heterocycles. The first kappa shape index (κ1) is 15.3. The van der Waals surface area contributed by atoms with Gasteiger partial charge in [-0.3, -0.25) is 0 Å². The van der Waals surface area contributed by atoms with E-state index in [0.29, 0.717) is 0 Å². The van der Waals surface area contributed by atoms with Crippen molar-refractivity contribution in [2.45, 2.75) is 72.6 Å². The second-order valence-electron chi connectivity index (χ2n) is 5.48. The Kier molecular flexibility index (Phi) is 7.08. The van der Waals surface area contributed by atoms with Crippen LogP contribution in [0.3, 0.4) is 0 Å². The molecular weight excluding hydrogens is 216 g/mol. The van der Waals surface area contributed by atoms with Crippen molar-refractivity contribution < 1.29 is 0 Å². The maximum absolute atomic E-state index is 2.43. The molecule has 0 radical (unpaired) electrons. The first-order valence-corrected chi connectivity index (χ1v) is 7.71. The summed E-state index contributed by atoms with van der Waals surface area (Å²) < 4.78 is 0. The third kappa shape index (κ3) is 5.25. The molecule has 1 saturated carbocycles. The highest BCUT2D eigenvalue weighted by molar-refractivity contribution is 5.44. The van der Waals surface area contributed by atoms with Gasteiger partial charge in [0.2, 0.25) is 0 Å². The third-order valence-electron chi connectivity index (χ3n) is 4.00. The van der Waals surface area contributed by atoms with Crippen LogP contribution in [-0.4, -0.2) is 0 Å². The normalized spacial score (nSPS) is 18.3. The summed E-state index contributed by atoms with van der Waals surface area (Å²) in [5.41, 5.74) is 4.38. The van der Waals surface area contributed by atoms with E-state index in [1.807, 2.05) is 0 Å². The summed E-state index contributed by atoms with van der Waals surface area (Å²) >= 11 is 0. The van der Waals surface area contributed by atoms with Crippen molar-refractivity contribution in [3.05, 3.63) is 34.9 Å². The van der Waals surface area contributed by atoms with E-state index in [1.54, 1.807) is 0 Å². The van der Waals surface area contributed by atoms with Gasteiger partial charge in [0.25, 0.3) is 0 Å². The standard InChI is InChI=1S/C18H30/c1-5-17(6-2)18(7-3)15(4)11-9-8-10-12-16-13-14-16/h5,7,11,16H,6,8-10,12-14H2,1-4H3. The molecule has 0 bridgehead atoms. The van der Waals surface area contributed by atoms with Crippen molar-refractivity contribution >= 4 is 0 Å². The Morgan fingerprint density at radius 3 is 2.33 bits per heavy atom. The summed E-state index contributed by atoms with van der Waals surface area (Å²) in [6.07, 6.45) is 16.6. The van der Waals surface area contributed by atoms with E-state index in [4.69, 9.17) is 0 Å². The molecule has 0 amide bonds. The van der Waals surface area contributed by atoms with E-state index < -0.39 is 0 Å². The molecule has 1 fully saturated rings. The molecule has 0 nitrogen and oxygen atoms in total. The minimum atomic E-state index is 1.09. The van der Waals surface area contributed by atoms with Crippen molar-refractivity contribution in [2.24, 2.45) is 5.92 Å². The minimum absolute atomic E-state index is 1.09. The lowest BCUT2D eigenvalue weighted by Crippen LogP contribution is -1.91. The quantitative estimate of drug-likeness (QED) is 0.353. The number of unbranched alkanes of at least 4 members (excludes halogenated alkanes) is 2. The predicted molar refractivity (Wildman–Crippen MR) is 82.8 cm³/mol. The lowest BCUT2D eigenvalue weighted by atomic mass is 9.95. The van der Waals surface area contributed by atoms with Gasteiger partial charge in [0.1, 0.15) is 0 Å². The van der Waals surface area contributed by atoms with Crippen LogP contribution in [0.15, 0.2) is 34.9 Å². The Labute approximate surface area is 114 Å². The molecule has 0 aliphatic heterocycles. The zero-order valence-electron chi connectivity index (χ0n) is 12.8. The smallest absolute Gasteiger partial charge is 0.0245 e. The van der Waals surface area contributed by atoms with Crippen molar-refractivity contribution in [1.29, 1.82) is 0 Å². The second kappa shape index (κ2) is 8.34. The summed E-state index contributed by atoms with van der Waals surface area (Å²) in [6, 6.07) is 0. The number of rotatable bonds is 8. The van der Waals surface area contributed by atoms with Gasteiger partial charge < -0.3 is 0 Å². The van der Waals surface area contributed by atoms with Gasteiger partial charge in [-0.2, -0.15) is 0 Å². The highest BCUT2D eigenvalue weighted by atomic mass is 14.3. The molecule has 0 aromatic heterocycles. The molecule has 0 unspecified atom stereocenters. The third-order valence-corrected chi connectivity index (χ3v) is 4.00. The largest absolute Gasteiger partial charge is 0.0839 e. The van der Waals surface area contributed by atoms with E-state index in [2.05, 4.69) is 45.9 Å². The summed E-state index contributed by atoms with van der Waals surface area (Å²) in [6.45, 7) is 8.79. The molecule has 18 heavy (non-hydrogen) atoms. The van der Waals surface area contributed by atoms with Crippen LogP contribution in [0.5, 0.6) is 0 Å². The molecule has 0 saturated heterocycles. The summed E-state index contributed by atoms with van der Waals surface area (Å²) in [7, 11) is 0. The van der Waals surface area contributed by atoms with Gasteiger partial charge in [-0.1, -0.05) is 50.8 Å². The number of hydrogen-bond donors (Lipinski definition) is 0. The van der Waals surface area contributed by atoms with Gasteiger partial charge in [-0.15, -0.1) is 0 Å². The van der Waals surface area contributed by atoms with Crippen LogP contribution in [0.4, 0.5) is 0 Å². The lowest BCUT2D eigenvalue weighted by molar-refractivity contribution is 0.633. The average Bonchev–Trinajstić information content (AvgIpc) is 3.19. The molecule has 0 spiro atoms. The molecule has 0 atom stereocenters. The molecule has 102 valence electrons. The molecule has 1 aliphatic rings. The van der Waals surface area contributed by atoms with Crippen molar-refractivity contribution in [2.75, 3.05) is 0 Å². The molecule has 0 aromatic rings. The molecule has 1 aliphatic carbocycles. The fourth-order valence-electron chi connectivity index (χ4n) is 2.63. The fourth-order valence-corrected chi connectivity index (χ4v) is 2.63. The van der Waals surface area contributed by atoms with Gasteiger partial charge in [0.05, 0.1) is 0 Å². The first-order valence-electron chi connectivity index (χ1n) is 7.71. The van der Waals surface area contributed by atoms with Gasteiger partial charge >= 0.3 is 0 Å². The Balaban J connectivity index is 2.36. The van der Waals surface area contributed by atoms with Crippen molar-refractivity contribution in [3.8, 4) is 0 Å². The second-order valence-corrected chi connectivity index (χ2v) is 5.48. The van der Waals surface area contributed by atoms with Gasteiger partial charge in [-0.05, 0) is 62.7 Å². The maximum atomic E-state index is 2.43. The van der Waals surface area contributed by atoms with E-state index in [9.17, 15) is 0 Å². The van der Waals surface area contributed by atoms with E-state index in [0.717, 1.165) is 12.3 Å². The average molecular weight is 246 g/mol. The highest BCUT2D eigenvalue weighted by Crippen LogP contribution is 2.34. The predicted octanol–water partition coefficient (Wildman–Crippen LogP) is 6.21. The maximum Gasteiger partial charge on any atom is -0.0245 e. The summed E-state index contributed by atoms with van der Waals surface area (Å²) in [4.78, 5) is 0. The summed E-state index contributed by atoms with van der Waals surface area (Å²) in [5, 5.41) is 0. The molecule has 0 N–H and O–H groups in total. The van der Waals surface area contributed by atoms with Crippen molar-refractivity contribution in [3.63, 3.8) is 0 Å². The van der Waals surface area contributed by atoms with Crippen LogP contribution < -0.4 is 0 Å². The molecule has 0 heteroatoms. The van der Waals surface area contributed by atoms with E-state index in [1.165, 1.54) is 55.2 Å². The zero-order chi connectivity index (χ0) is 13.4. The monoisotopic (exact) mass is 246 g/mol. The van der Waals surface area contributed by atoms with Gasteiger partial charge in [0.15, 0.2) is 0 Å². The minimum Gasteiger partial charge on any atom is -0.0839 e. The van der Waals surface area contributed by atoms with Crippen LogP contribution in [-0.2, 0) is 0 Å². The molecular formula is C18H30. The van der Waals surface area contributed by atoms with E-state index in [-0.39, 0.29) is 0 Å². The van der Waals surface area contributed by atoms with Crippen LogP contribution in [0.25, 0.3) is 0 Å². The summed E-state index contributed by atoms with van der Waals surface area (Å²) in [5.74, 6) is 1.09.